The van der Waals surface area contributed by atoms with E-state index >= 15 is 0 Å². The molecule has 0 aliphatic carbocycles. The lowest BCUT2D eigenvalue weighted by Gasteiger charge is -2.09. The highest BCUT2D eigenvalue weighted by Gasteiger charge is 1.99. The molecule has 0 heterocycles. The van der Waals surface area contributed by atoms with Gasteiger partial charge in [-0.15, -0.1) is 0 Å². The Labute approximate surface area is 119 Å². The highest BCUT2D eigenvalue weighted by Crippen LogP contribution is 2.16. The first kappa shape index (κ1) is 13.9. The number of carbonyl (C=O) groups excluding carboxylic acids is 1. The van der Waals surface area contributed by atoms with Gasteiger partial charge in [-0.3, -0.25) is 0 Å². The van der Waals surface area contributed by atoms with Gasteiger partial charge < -0.3 is 16.4 Å². The monoisotopic (exact) mass is 269 g/mol. The average molecular weight is 269 g/mol. The summed E-state index contributed by atoms with van der Waals surface area (Å²) >= 11 is 0. The largest absolute Gasteiger partial charge is 0.381 e. The molecule has 2 aromatic carbocycles. The lowest BCUT2D eigenvalue weighted by atomic mass is 10.1. The van der Waals surface area contributed by atoms with Crippen LogP contribution >= 0.6 is 0 Å². The Balaban J connectivity index is 1.97. The minimum absolute atomic E-state index is 0.558. The zero-order chi connectivity index (χ0) is 14.4. The van der Waals surface area contributed by atoms with E-state index in [9.17, 15) is 4.79 Å². The number of carbonyl (C=O) groups is 1. The summed E-state index contributed by atoms with van der Waals surface area (Å²) in [7, 11) is 0. The van der Waals surface area contributed by atoms with Crippen molar-refractivity contribution in [2.75, 3.05) is 10.6 Å². The Bertz CT molecular complexity index is 579. The van der Waals surface area contributed by atoms with Crippen LogP contribution in [-0.4, -0.2) is 6.03 Å². The van der Waals surface area contributed by atoms with Crippen LogP contribution in [0.5, 0.6) is 0 Å². The smallest absolute Gasteiger partial charge is 0.316 e. The van der Waals surface area contributed by atoms with Gasteiger partial charge in [-0.1, -0.05) is 37.3 Å². The van der Waals surface area contributed by atoms with Crippen LogP contribution in [0.3, 0.4) is 0 Å². The van der Waals surface area contributed by atoms with Gasteiger partial charge in [0.15, 0.2) is 0 Å². The van der Waals surface area contributed by atoms with Crippen molar-refractivity contribution in [1.82, 2.24) is 0 Å². The van der Waals surface area contributed by atoms with Gasteiger partial charge in [-0.2, -0.15) is 0 Å². The van der Waals surface area contributed by atoms with E-state index < -0.39 is 6.03 Å². The maximum atomic E-state index is 10.8. The normalized spacial score (nSPS) is 10.1. The van der Waals surface area contributed by atoms with E-state index in [0.717, 1.165) is 18.7 Å². The van der Waals surface area contributed by atoms with E-state index in [0.29, 0.717) is 5.69 Å². The van der Waals surface area contributed by atoms with Gasteiger partial charge in [0.25, 0.3) is 0 Å². The summed E-state index contributed by atoms with van der Waals surface area (Å²) in [5, 5.41) is 5.88. The van der Waals surface area contributed by atoms with E-state index in [1.54, 1.807) is 6.07 Å². The predicted molar refractivity (Wildman–Crippen MR) is 82.8 cm³/mol. The molecule has 4 heteroatoms. The van der Waals surface area contributed by atoms with Gasteiger partial charge in [0.1, 0.15) is 0 Å². The van der Waals surface area contributed by atoms with Crippen LogP contribution in [0.25, 0.3) is 0 Å². The Kier molecular flexibility index (Phi) is 4.60. The molecule has 0 aliphatic heterocycles. The van der Waals surface area contributed by atoms with E-state index in [1.165, 1.54) is 11.1 Å². The molecule has 4 N–H and O–H groups in total. The molecule has 2 rings (SSSR count). The fraction of sp³-hybridized carbons (Fsp3) is 0.188. The summed E-state index contributed by atoms with van der Waals surface area (Å²) in [4.78, 5) is 10.8. The molecule has 104 valence electrons. The lowest BCUT2D eigenvalue weighted by Crippen LogP contribution is -2.19. The molecule has 0 unspecified atom stereocenters. The number of nitrogens with two attached hydrogens (primary N) is 1. The number of urea groups is 1. The number of nitrogens with one attached hydrogen (secondary N) is 2. The zero-order valence-electron chi connectivity index (χ0n) is 11.5. The molecule has 0 radical (unpaired) electrons. The first-order valence-electron chi connectivity index (χ1n) is 6.65. The molecule has 0 aliphatic rings. The second-order valence-electron chi connectivity index (χ2n) is 4.59. The Hall–Kier alpha value is -2.49. The van der Waals surface area contributed by atoms with Gasteiger partial charge in [-0.25, -0.2) is 4.79 Å². The molecule has 0 spiro atoms. The molecular weight excluding hydrogens is 250 g/mol. The van der Waals surface area contributed by atoms with E-state index in [-0.39, 0.29) is 0 Å². The summed E-state index contributed by atoms with van der Waals surface area (Å²) in [5.41, 5.74) is 9.27. The van der Waals surface area contributed by atoms with E-state index in [2.05, 4.69) is 41.8 Å². The number of rotatable bonds is 5. The fourth-order valence-corrected chi connectivity index (χ4v) is 1.95. The van der Waals surface area contributed by atoms with Crippen LogP contribution in [0.4, 0.5) is 16.2 Å². The third kappa shape index (κ3) is 4.02. The second kappa shape index (κ2) is 6.61. The lowest BCUT2D eigenvalue weighted by molar-refractivity contribution is 0.259. The van der Waals surface area contributed by atoms with Crippen molar-refractivity contribution in [3.63, 3.8) is 0 Å². The molecule has 0 saturated heterocycles. The highest BCUT2D eigenvalue weighted by atomic mass is 16.2. The second-order valence-corrected chi connectivity index (χ2v) is 4.59. The Morgan fingerprint density at radius 2 is 1.70 bits per heavy atom. The number of benzene rings is 2. The van der Waals surface area contributed by atoms with Crippen molar-refractivity contribution in [3.8, 4) is 0 Å². The van der Waals surface area contributed by atoms with Crippen LogP contribution in [-0.2, 0) is 13.0 Å². The minimum Gasteiger partial charge on any atom is -0.381 e. The zero-order valence-corrected chi connectivity index (χ0v) is 11.5. The maximum absolute atomic E-state index is 10.8. The first-order valence-corrected chi connectivity index (χ1v) is 6.65. The third-order valence-corrected chi connectivity index (χ3v) is 3.06. The Morgan fingerprint density at radius 3 is 2.35 bits per heavy atom. The van der Waals surface area contributed by atoms with Crippen molar-refractivity contribution in [1.29, 1.82) is 0 Å². The molecule has 0 bridgehead atoms. The molecule has 0 fully saturated rings. The fourth-order valence-electron chi connectivity index (χ4n) is 1.95. The van der Waals surface area contributed by atoms with Gasteiger partial charge in [0.2, 0.25) is 0 Å². The van der Waals surface area contributed by atoms with Crippen molar-refractivity contribution >= 4 is 17.4 Å². The molecule has 2 aromatic rings. The number of aryl methyl sites for hydroxylation is 1. The van der Waals surface area contributed by atoms with Gasteiger partial charge in [-0.05, 0) is 35.7 Å². The first-order chi connectivity index (χ1) is 9.67. The number of hydrogen-bond donors (Lipinski definition) is 3. The summed E-state index contributed by atoms with van der Waals surface area (Å²) in [5.74, 6) is 0. The standard InChI is InChI=1S/C16H19N3O/c1-2-12-6-8-13(9-7-12)11-18-14-4-3-5-15(10-14)19-16(17)20/h3-10,18H,2,11H2,1H3,(H3,17,19,20). The number of primary amides is 1. The summed E-state index contributed by atoms with van der Waals surface area (Å²) < 4.78 is 0. The molecule has 4 nitrogen and oxygen atoms in total. The topological polar surface area (TPSA) is 67.2 Å². The van der Waals surface area contributed by atoms with Crippen molar-refractivity contribution < 1.29 is 4.79 Å². The highest BCUT2D eigenvalue weighted by molar-refractivity contribution is 5.88. The van der Waals surface area contributed by atoms with Crippen LogP contribution in [0, 0.1) is 0 Å². The van der Waals surface area contributed by atoms with Crippen molar-refractivity contribution in [2.24, 2.45) is 5.73 Å². The molecule has 2 amide bonds. The summed E-state index contributed by atoms with van der Waals surface area (Å²) in [6.45, 7) is 2.88. The third-order valence-electron chi connectivity index (χ3n) is 3.06. The molecular formula is C16H19N3O. The quantitative estimate of drug-likeness (QED) is 0.779. The van der Waals surface area contributed by atoms with Gasteiger partial charge in [0.05, 0.1) is 0 Å². The molecule has 0 saturated carbocycles. The van der Waals surface area contributed by atoms with Crippen LogP contribution in [0.2, 0.25) is 0 Å². The minimum atomic E-state index is -0.558. The van der Waals surface area contributed by atoms with E-state index in [4.69, 9.17) is 5.73 Å². The van der Waals surface area contributed by atoms with Crippen molar-refractivity contribution in [2.45, 2.75) is 19.9 Å². The van der Waals surface area contributed by atoms with Gasteiger partial charge >= 0.3 is 6.03 Å². The van der Waals surface area contributed by atoms with Crippen LogP contribution in [0.1, 0.15) is 18.1 Å². The predicted octanol–water partition coefficient (Wildman–Crippen LogP) is 3.35. The van der Waals surface area contributed by atoms with Crippen LogP contribution in [0.15, 0.2) is 48.5 Å². The molecule has 0 atom stereocenters. The Morgan fingerprint density at radius 1 is 1.05 bits per heavy atom. The summed E-state index contributed by atoms with van der Waals surface area (Å²) in [6, 6.07) is 15.4. The SMILES string of the molecule is CCc1ccc(CNc2cccc(NC(N)=O)c2)cc1. The molecule has 0 aromatic heterocycles. The molecule has 20 heavy (non-hydrogen) atoms. The number of anilines is 2. The van der Waals surface area contributed by atoms with Crippen molar-refractivity contribution in [3.05, 3.63) is 59.7 Å². The average Bonchev–Trinajstić information content (AvgIpc) is 2.45. The van der Waals surface area contributed by atoms with E-state index in [1.807, 2.05) is 18.2 Å². The maximum Gasteiger partial charge on any atom is 0.316 e. The number of amides is 2. The van der Waals surface area contributed by atoms with Gasteiger partial charge in [0, 0.05) is 17.9 Å². The summed E-state index contributed by atoms with van der Waals surface area (Å²) in [6.07, 6.45) is 1.05. The number of hydrogen-bond acceptors (Lipinski definition) is 2. The van der Waals surface area contributed by atoms with Crippen LogP contribution < -0.4 is 16.4 Å².